The minimum Gasteiger partial charge on any atom is -0.486 e. The number of hydrogen-bond donors (Lipinski definition) is 2. The number of methoxy groups -OCH3 is 1. The lowest BCUT2D eigenvalue weighted by Gasteiger charge is -2.31. The first-order valence-electron chi connectivity index (χ1n) is 8.41. The summed E-state index contributed by atoms with van der Waals surface area (Å²) in [5, 5.41) is 5.79. The number of piperidine rings is 1. The largest absolute Gasteiger partial charge is 0.486 e. The highest BCUT2D eigenvalue weighted by Crippen LogP contribution is 2.30. The summed E-state index contributed by atoms with van der Waals surface area (Å²) in [5.74, 6) is 1.44. The van der Waals surface area contributed by atoms with Gasteiger partial charge in [0.25, 0.3) is 0 Å². The van der Waals surface area contributed by atoms with E-state index in [0.29, 0.717) is 51.4 Å². The number of nitrogens with zero attached hydrogens (tertiary/aromatic N) is 1. The molecule has 1 aromatic carbocycles. The smallest absolute Gasteiger partial charge is 0.409 e. The van der Waals surface area contributed by atoms with E-state index in [2.05, 4.69) is 10.6 Å². The molecule has 2 N–H and O–H groups in total. The number of fused-ring (bicyclic) bond motifs is 1. The molecule has 0 radical (unpaired) electrons. The molecule has 3 amide bonds. The molecule has 0 unspecified atom stereocenters. The standard InChI is InChI=1S/C17H23N3O5/c1-23-17(22)20-6-4-13(5-7-20)19-16(21)18-11-12-2-3-14-15(10-12)25-9-8-24-14/h2-3,10,13H,4-9,11H2,1H3,(H2,18,19,21). The van der Waals surface area contributed by atoms with Gasteiger partial charge in [-0.3, -0.25) is 0 Å². The summed E-state index contributed by atoms with van der Waals surface area (Å²) >= 11 is 0. The molecule has 136 valence electrons. The predicted molar refractivity (Wildman–Crippen MR) is 89.8 cm³/mol. The first-order valence-corrected chi connectivity index (χ1v) is 8.41. The van der Waals surface area contributed by atoms with Crippen LogP contribution < -0.4 is 20.1 Å². The predicted octanol–water partition coefficient (Wildman–Crippen LogP) is 1.49. The topological polar surface area (TPSA) is 89.1 Å². The quantitative estimate of drug-likeness (QED) is 0.863. The Labute approximate surface area is 146 Å². The lowest BCUT2D eigenvalue weighted by Crippen LogP contribution is -2.49. The van der Waals surface area contributed by atoms with E-state index in [0.717, 1.165) is 11.3 Å². The van der Waals surface area contributed by atoms with E-state index in [1.54, 1.807) is 4.90 Å². The summed E-state index contributed by atoms with van der Waals surface area (Å²) in [7, 11) is 1.37. The van der Waals surface area contributed by atoms with Crippen molar-refractivity contribution in [3.05, 3.63) is 23.8 Å². The van der Waals surface area contributed by atoms with Gasteiger partial charge in [-0.15, -0.1) is 0 Å². The van der Waals surface area contributed by atoms with Gasteiger partial charge in [0.2, 0.25) is 0 Å². The number of carbonyl (C=O) groups is 2. The second-order valence-corrected chi connectivity index (χ2v) is 6.04. The first kappa shape index (κ1) is 17.2. The fourth-order valence-corrected chi connectivity index (χ4v) is 2.95. The molecule has 2 heterocycles. The number of amides is 3. The number of benzene rings is 1. The van der Waals surface area contributed by atoms with E-state index in [-0.39, 0.29) is 18.2 Å². The third-order valence-corrected chi connectivity index (χ3v) is 4.32. The van der Waals surface area contributed by atoms with Gasteiger partial charge in [-0.2, -0.15) is 0 Å². The van der Waals surface area contributed by atoms with Crippen LogP contribution in [0.4, 0.5) is 9.59 Å². The van der Waals surface area contributed by atoms with Crippen molar-refractivity contribution in [2.45, 2.75) is 25.4 Å². The highest BCUT2D eigenvalue weighted by atomic mass is 16.6. The molecule has 1 saturated heterocycles. The fraction of sp³-hybridized carbons (Fsp3) is 0.529. The molecule has 8 nitrogen and oxygen atoms in total. The van der Waals surface area contributed by atoms with Gasteiger partial charge in [0.1, 0.15) is 13.2 Å². The van der Waals surface area contributed by atoms with Crippen LogP contribution in [0.5, 0.6) is 11.5 Å². The van der Waals surface area contributed by atoms with Crippen LogP contribution in [0.1, 0.15) is 18.4 Å². The average molecular weight is 349 g/mol. The van der Waals surface area contributed by atoms with Crippen LogP contribution in [0, 0.1) is 0 Å². The lowest BCUT2D eigenvalue weighted by atomic mass is 10.1. The molecule has 1 fully saturated rings. The van der Waals surface area contributed by atoms with Gasteiger partial charge in [0.15, 0.2) is 11.5 Å². The molecule has 0 aliphatic carbocycles. The van der Waals surface area contributed by atoms with E-state index in [1.807, 2.05) is 18.2 Å². The monoisotopic (exact) mass is 349 g/mol. The number of likely N-dealkylation sites (tertiary alicyclic amines) is 1. The summed E-state index contributed by atoms with van der Waals surface area (Å²) in [5.41, 5.74) is 0.944. The Hall–Kier alpha value is -2.64. The van der Waals surface area contributed by atoms with E-state index in [4.69, 9.17) is 14.2 Å². The molecule has 1 aromatic rings. The summed E-state index contributed by atoms with van der Waals surface area (Å²) < 4.78 is 15.7. The van der Waals surface area contributed by atoms with Gasteiger partial charge in [0, 0.05) is 25.7 Å². The molecule has 0 saturated carbocycles. The van der Waals surface area contributed by atoms with Crippen LogP contribution in [0.2, 0.25) is 0 Å². The Balaban J connectivity index is 1.42. The third-order valence-electron chi connectivity index (χ3n) is 4.32. The molecular weight excluding hydrogens is 326 g/mol. The number of urea groups is 1. The third kappa shape index (κ3) is 4.46. The Morgan fingerprint density at radius 2 is 1.92 bits per heavy atom. The van der Waals surface area contributed by atoms with Crippen molar-refractivity contribution in [2.24, 2.45) is 0 Å². The molecule has 3 rings (SSSR count). The number of ether oxygens (including phenoxy) is 3. The Morgan fingerprint density at radius 3 is 2.64 bits per heavy atom. The second-order valence-electron chi connectivity index (χ2n) is 6.04. The number of carbonyl (C=O) groups excluding carboxylic acids is 2. The summed E-state index contributed by atoms with van der Waals surface area (Å²) in [4.78, 5) is 25.1. The highest BCUT2D eigenvalue weighted by molar-refractivity contribution is 5.74. The molecule has 2 aliphatic rings. The minimum atomic E-state index is -0.318. The van der Waals surface area contributed by atoms with Gasteiger partial charge in [-0.1, -0.05) is 6.07 Å². The van der Waals surface area contributed by atoms with E-state index in [1.165, 1.54) is 7.11 Å². The van der Waals surface area contributed by atoms with Crippen molar-refractivity contribution < 1.29 is 23.8 Å². The van der Waals surface area contributed by atoms with Crippen molar-refractivity contribution in [1.82, 2.24) is 15.5 Å². The zero-order valence-corrected chi connectivity index (χ0v) is 14.2. The van der Waals surface area contributed by atoms with Crippen molar-refractivity contribution >= 4 is 12.1 Å². The van der Waals surface area contributed by atoms with Crippen LogP contribution in [-0.4, -0.2) is 56.5 Å². The molecule has 2 aliphatic heterocycles. The summed E-state index contributed by atoms with van der Waals surface area (Å²) in [6, 6.07) is 5.48. The van der Waals surface area contributed by atoms with Gasteiger partial charge < -0.3 is 29.7 Å². The zero-order valence-electron chi connectivity index (χ0n) is 14.2. The molecule has 0 bridgehead atoms. The zero-order chi connectivity index (χ0) is 17.6. The van der Waals surface area contributed by atoms with Gasteiger partial charge in [0.05, 0.1) is 7.11 Å². The fourth-order valence-electron chi connectivity index (χ4n) is 2.95. The van der Waals surface area contributed by atoms with Crippen LogP contribution in [-0.2, 0) is 11.3 Å². The maximum Gasteiger partial charge on any atom is 0.409 e. The first-order chi connectivity index (χ1) is 12.2. The normalized spacial score (nSPS) is 16.9. The molecule has 0 aromatic heterocycles. The van der Waals surface area contributed by atoms with Crippen molar-refractivity contribution in [1.29, 1.82) is 0 Å². The number of rotatable bonds is 3. The Morgan fingerprint density at radius 1 is 1.20 bits per heavy atom. The lowest BCUT2D eigenvalue weighted by molar-refractivity contribution is 0.110. The highest BCUT2D eigenvalue weighted by Gasteiger charge is 2.24. The van der Waals surface area contributed by atoms with Crippen molar-refractivity contribution in [3.63, 3.8) is 0 Å². The Kier molecular flexibility index (Phi) is 5.47. The molecule has 0 atom stereocenters. The van der Waals surface area contributed by atoms with Crippen LogP contribution in [0.3, 0.4) is 0 Å². The van der Waals surface area contributed by atoms with Crippen molar-refractivity contribution in [2.75, 3.05) is 33.4 Å². The number of nitrogens with one attached hydrogen (secondary N) is 2. The number of hydrogen-bond acceptors (Lipinski definition) is 5. The van der Waals surface area contributed by atoms with E-state index >= 15 is 0 Å². The minimum absolute atomic E-state index is 0.0566. The molecular formula is C17H23N3O5. The Bertz CT molecular complexity index is 629. The molecule has 0 spiro atoms. The second kappa shape index (κ2) is 7.96. The van der Waals surface area contributed by atoms with Crippen LogP contribution in [0.15, 0.2) is 18.2 Å². The average Bonchev–Trinajstić information content (AvgIpc) is 2.66. The summed E-state index contributed by atoms with van der Waals surface area (Å²) in [6.07, 6.45) is 1.11. The maximum atomic E-state index is 12.1. The van der Waals surface area contributed by atoms with E-state index in [9.17, 15) is 9.59 Å². The van der Waals surface area contributed by atoms with Gasteiger partial charge >= 0.3 is 12.1 Å². The summed E-state index contributed by atoms with van der Waals surface area (Å²) in [6.45, 7) is 2.67. The van der Waals surface area contributed by atoms with Crippen molar-refractivity contribution in [3.8, 4) is 11.5 Å². The van der Waals surface area contributed by atoms with Gasteiger partial charge in [-0.05, 0) is 30.5 Å². The van der Waals surface area contributed by atoms with Crippen LogP contribution in [0.25, 0.3) is 0 Å². The maximum absolute atomic E-state index is 12.1. The molecule has 25 heavy (non-hydrogen) atoms. The SMILES string of the molecule is COC(=O)N1CCC(NC(=O)NCc2ccc3c(c2)OCCO3)CC1. The van der Waals surface area contributed by atoms with Gasteiger partial charge in [-0.25, -0.2) is 9.59 Å². The van der Waals surface area contributed by atoms with E-state index < -0.39 is 0 Å². The van der Waals surface area contributed by atoms with Crippen LogP contribution >= 0.6 is 0 Å². The molecule has 8 heteroatoms.